The summed E-state index contributed by atoms with van der Waals surface area (Å²) in [5, 5.41) is 4.04. The lowest BCUT2D eigenvalue weighted by Crippen LogP contribution is -1.94. The summed E-state index contributed by atoms with van der Waals surface area (Å²) in [6.45, 7) is 4.42. The Morgan fingerprint density at radius 1 is 1.05 bits per heavy atom. The second-order valence-electron chi connectivity index (χ2n) is 5.46. The standard InChI is InChI=1S/C17H17N3O/c1-12(2)10-13-4-3-5-15(11-13)17-19-16(20-21-17)14-6-8-18-9-7-14/h3-9,11-12H,10H2,1-2H3. The lowest BCUT2D eigenvalue weighted by atomic mass is 10.0. The lowest BCUT2D eigenvalue weighted by Gasteiger charge is -2.05. The molecular weight excluding hydrogens is 262 g/mol. The van der Waals surface area contributed by atoms with E-state index >= 15 is 0 Å². The first-order valence-electron chi connectivity index (χ1n) is 7.06. The second-order valence-corrected chi connectivity index (χ2v) is 5.46. The Kier molecular flexibility index (Phi) is 3.77. The molecule has 0 aliphatic carbocycles. The first-order valence-corrected chi connectivity index (χ1v) is 7.06. The molecule has 0 spiro atoms. The molecule has 0 radical (unpaired) electrons. The summed E-state index contributed by atoms with van der Waals surface area (Å²) in [5.74, 6) is 1.75. The monoisotopic (exact) mass is 279 g/mol. The molecule has 0 fully saturated rings. The third kappa shape index (κ3) is 3.16. The first-order chi connectivity index (χ1) is 10.2. The van der Waals surface area contributed by atoms with Crippen molar-refractivity contribution < 1.29 is 4.52 Å². The fourth-order valence-corrected chi connectivity index (χ4v) is 2.26. The molecule has 21 heavy (non-hydrogen) atoms. The zero-order valence-electron chi connectivity index (χ0n) is 12.2. The minimum Gasteiger partial charge on any atom is -0.334 e. The highest BCUT2D eigenvalue weighted by atomic mass is 16.5. The molecule has 4 nitrogen and oxygen atoms in total. The quantitative estimate of drug-likeness (QED) is 0.724. The maximum absolute atomic E-state index is 5.38. The predicted molar refractivity (Wildman–Crippen MR) is 81.5 cm³/mol. The topological polar surface area (TPSA) is 51.8 Å². The van der Waals surface area contributed by atoms with Gasteiger partial charge in [-0.2, -0.15) is 4.98 Å². The van der Waals surface area contributed by atoms with E-state index < -0.39 is 0 Å². The summed E-state index contributed by atoms with van der Waals surface area (Å²) in [6.07, 6.45) is 4.47. The maximum atomic E-state index is 5.38. The Morgan fingerprint density at radius 3 is 2.62 bits per heavy atom. The van der Waals surface area contributed by atoms with Crippen LogP contribution in [0.3, 0.4) is 0 Å². The first kappa shape index (κ1) is 13.5. The Hall–Kier alpha value is -2.49. The average molecular weight is 279 g/mol. The second kappa shape index (κ2) is 5.87. The summed E-state index contributed by atoms with van der Waals surface area (Å²) in [4.78, 5) is 8.45. The van der Waals surface area contributed by atoms with E-state index in [-0.39, 0.29) is 0 Å². The highest BCUT2D eigenvalue weighted by molar-refractivity contribution is 5.59. The van der Waals surface area contributed by atoms with Crippen LogP contribution in [-0.4, -0.2) is 15.1 Å². The molecule has 0 unspecified atom stereocenters. The van der Waals surface area contributed by atoms with Gasteiger partial charge in [0.25, 0.3) is 5.89 Å². The molecule has 0 atom stereocenters. The molecule has 0 N–H and O–H groups in total. The van der Waals surface area contributed by atoms with Gasteiger partial charge < -0.3 is 4.52 Å². The van der Waals surface area contributed by atoms with Gasteiger partial charge in [-0.3, -0.25) is 4.98 Å². The zero-order chi connectivity index (χ0) is 14.7. The number of rotatable bonds is 4. The van der Waals surface area contributed by atoms with Gasteiger partial charge in [0.05, 0.1) is 0 Å². The Bertz CT molecular complexity index is 720. The van der Waals surface area contributed by atoms with Crippen LogP contribution < -0.4 is 0 Å². The summed E-state index contributed by atoms with van der Waals surface area (Å²) < 4.78 is 5.38. The summed E-state index contributed by atoms with van der Waals surface area (Å²) >= 11 is 0. The average Bonchev–Trinajstić information content (AvgIpc) is 2.98. The molecule has 3 rings (SSSR count). The van der Waals surface area contributed by atoms with Gasteiger partial charge >= 0.3 is 0 Å². The van der Waals surface area contributed by atoms with Gasteiger partial charge in [-0.25, -0.2) is 0 Å². The molecule has 0 amide bonds. The minimum absolute atomic E-state index is 0.549. The third-order valence-corrected chi connectivity index (χ3v) is 3.18. The summed E-state index contributed by atoms with van der Waals surface area (Å²) in [7, 11) is 0. The number of hydrogen-bond donors (Lipinski definition) is 0. The van der Waals surface area contributed by atoms with Crippen LogP contribution in [0.5, 0.6) is 0 Å². The molecule has 1 aromatic carbocycles. The predicted octanol–water partition coefficient (Wildman–Crippen LogP) is 4.00. The minimum atomic E-state index is 0.549. The van der Waals surface area contributed by atoms with Crippen LogP contribution in [-0.2, 0) is 6.42 Å². The largest absolute Gasteiger partial charge is 0.334 e. The van der Waals surface area contributed by atoms with Crippen LogP contribution in [0.25, 0.3) is 22.8 Å². The summed E-state index contributed by atoms with van der Waals surface area (Å²) in [5.41, 5.74) is 3.14. The number of hydrogen-bond acceptors (Lipinski definition) is 4. The summed E-state index contributed by atoms with van der Waals surface area (Å²) in [6, 6.07) is 12.0. The van der Waals surface area contributed by atoms with Crippen molar-refractivity contribution in [3.63, 3.8) is 0 Å². The van der Waals surface area contributed by atoms with Gasteiger partial charge in [0.1, 0.15) is 0 Å². The van der Waals surface area contributed by atoms with Crippen LogP contribution in [0.2, 0.25) is 0 Å². The van der Waals surface area contributed by atoms with Crippen molar-refractivity contribution in [3.05, 3.63) is 54.4 Å². The number of pyridine rings is 1. The van der Waals surface area contributed by atoms with Crippen molar-refractivity contribution in [2.24, 2.45) is 5.92 Å². The highest BCUT2D eigenvalue weighted by Crippen LogP contribution is 2.23. The molecule has 106 valence electrons. The molecular formula is C17H17N3O. The molecule has 0 saturated carbocycles. The Balaban J connectivity index is 1.90. The number of aromatic nitrogens is 3. The van der Waals surface area contributed by atoms with E-state index in [0.29, 0.717) is 17.6 Å². The molecule has 0 aliphatic rings. The Morgan fingerprint density at radius 2 is 1.86 bits per heavy atom. The fraction of sp³-hybridized carbons (Fsp3) is 0.235. The van der Waals surface area contributed by atoms with Crippen molar-refractivity contribution in [1.82, 2.24) is 15.1 Å². The van der Waals surface area contributed by atoms with Crippen LogP contribution >= 0.6 is 0 Å². The zero-order valence-corrected chi connectivity index (χ0v) is 12.2. The van der Waals surface area contributed by atoms with Crippen LogP contribution in [0.15, 0.2) is 53.3 Å². The van der Waals surface area contributed by atoms with Crippen molar-refractivity contribution in [1.29, 1.82) is 0 Å². The molecule has 2 heterocycles. The van der Waals surface area contributed by atoms with E-state index in [0.717, 1.165) is 17.5 Å². The number of benzene rings is 1. The molecule has 2 aromatic heterocycles. The van der Waals surface area contributed by atoms with E-state index in [2.05, 4.69) is 41.1 Å². The normalized spacial score (nSPS) is 11.0. The van der Waals surface area contributed by atoms with Gasteiger partial charge in [0.15, 0.2) is 0 Å². The van der Waals surface area contributed by atoms with Crippen LogP contribution in [0, 0.1) is 5.92 Å². The highest BCUT2D eigenvalue weighted by Gasteiger charge is 2.11. The lowest BCUT2D eigenvalue weighted by molar-refractivity contribution is 0.432. The van der Waals surface area contributed by atoms with Crippen LogP contribution in [0.1, 0.15) is 19.4 Å². The molecule has 0 bridgehead atoms. The van der Waals surface area contributed by atoms with Gasteiger partial charge in [0, 0.05) is 23.5 Å². The smallest absolute Gasteiger partial charge is 0.258 e. The maximum Gasteiger partial charge on any atom is 0.258 e. The Labute approximate surface area is 123 Å². The van der Waals surface area contributed by atoms with Gasteiger partial charge in [-0.15, -0.1) is 0 Å². The fourth-order valence-electron chi connectivity index (χ4n) is 2.26. The van der Waals surface area contributed by atoms with E-state index in [4.69, 9.17) is 4.52 Å². The van der Waals surface area contributed by atoms with Crippen LogP contribution in [0.4, 0.5) is 0 Å². The van der Waals surface area contributed by atoms with E-state index in [1.807, 2.05) is 24.3 Å². The third-order valence-electron chi connectivity index (χ3n) is 3.18. The van der Waals surface area contributed by atoms with Gasteiger partial charge in [0.2, 0.25) is 5.82 Å². The molecule has 3 aromatic rings. The van der Waals surface area contributed by atoms with E-state index in [9.17, 15) is 0 Å². The van der Waals surface area contributed by atoms with Crippen molar-refractivity contribution >= 4 is 0 Å². The molecule has 0 aliphatic heterocycles. The number of nitrogens with zero attached hydrogens (tertiary/aromatic N) is 3. The molecule has 0 saturated heterocycles. The van der Waals surface area contributed by atoms with Gasteiger partial charge in [-0.05, 0) is 42.2 Å². The van der Waals surface area contributed by atoms with Crippen molar-refractivity contribution in [2.75, 3.05) is 0 Å². The van der Waals surface area contributed by atoms with Crippen molar-refractivity contribution in [2.45, 2.75) is 20.3 Å². The SMILES string of the molecule is CC(C)Cc1cccc(-c2nc(-c3ccncc3)no2)c1. The van der Waals surface area contributed by atoms with Gasteiger partial charge in [-0.1, -0.05) is 31.1 Å². The van der Waals surface area contributed by atoms with E-state index in [1.165, 1.54) is 5.56 Å². The van der Waals surface area contributed by atoms with Crippen molar-refractivity contribution in [3.8, 4) is 22.8 Å². The van der Waals surface area contributed by atoms with E-state index in [1.54, 1.807) is 12.4 Å². The molecule has 4 heteroatoms.